The number of hydrogen-bond donors (Lipinski definition) is 4. The highest BCUT2D eigenvalue weighted by atomic mass is 16.5. The summed E-state index contributed by atoms with van der Waals surface area (Å²) >= 11 is 0. The third kappa shape index (κ3) is 4.73. The van der Waals surface area contributed by atoms with Crippen LogP contribution >= 0.6 is 0 Å². The van der Waals surface area contributed by atoms with E-state index < -0.39 is 11.5 Å². The Morgan fingerprint density at radius 2 is 2.09 bits per heavy atom. The van der Waals surface area contributed by atoms with Crippen molar-refractivity contribution in [2.45, 2.75) is 12.8 Å². The van der Waals surface area contributed by atoms with Gasteiger partial charge in [0.05, 0.1) is 18.5 Å². The van der Waals surface area contributed by atoms with E-state index in [9.17, 15) is 9.59 Å². The lowest BCUT2D eigenvalue weighted by molar-refractivity contribution is -0.136. The van der Waals surface area contributed by atoms with Crippen LogP contribution in [0, 0.1) is 0 Å². The van der Waals surface area contributed by atoms with Gasteiger partial charge < -0.3 is 26.3 Å². The van der Waals surface area contributed by atoms with Gasteiger partial charge in [-0.05, 0) is 23.6 Å². The Balaban J connectivity index is 2.08. The first-order valence-corrected chi connectivity index (χ1v) is 7.01. The second-order valence-corrected chi connectivity index (χ2v) is 4.95. The first kappa shape index (κ1) is 16.3. The molecule has 6 N–H and O–H groups in total. The number of aliphatic imine (C=N–C) groups is 1. The molecule has 8 heteroatoms. The number of pyridine rings is 1. The maximum Gasteiger partial charge on any atom is 0.308 e. The minimum Gasteiger partial charge on any atom is -0.493 e. The first-order chi connectivity index (χ1) is 11.0. The Bertz CT molecular complexity index is 794. The van der Waals surface area contributed by atoms with Gasteiger partial charge in [-0.2, -0.15) is 0 Å². The van der Waals surface area contributed by atoms with E-state index in [-0.39, 0.29) is 17.9 Å². The number of carbonyl (C=O) groups is 1. The second kappa shape index (κ2) is 7.30. The van der Waals surface area contributed by atoms with Crippen LogP contribution < -0.4 is 21.8 Å². The summed E-state index contributed by atoms with van der Waals surface area (Å²) in [5, 5.41) is 9.53. The van der Waals surface area contributed by atoms with Crippen LogP contribution in [0.15, 0.2) is 34.1 Å². The molecule has 2 aromatic rings. The van der Waals surface area contributed by atoms with Gasteiger partial charge in [-0.25, -0.2) is 0 Å². The largest absolute Gasteiger partial charge is 0.493 e. The lowest BCUT2D eigenvalue weighted by Gasteiger charge is -2.07. The van der Waals surface area contributed by atoms with Gasteiger partial charge in [-0.3, -0.25) is 14.6 Å². The molecule has 23 heavy (non-hydrogen) atoms. The average molecular weight is 318 g/mol. The Kier molecular flexibility index (Phi) is 5.19. The fourth-order valence-electron chi connectivity index (χ4n) is 2.07. The summed E-state index contributed by atoms with van der Waals surface area (Å²) in [6.45, 7) is 0.912. The zero-order chi connectivity index (χ0) is 16.8. The SMILES string of the molecule is NC(N)=NCCCOc1ccc2cc(CC(=O)O)c(=O)[nH]c2c1. The normalized spacial score (nSPS) is 10.4. The summed E-state index contributed by atoms with van der Waals surface area (Å²) in [5.41, 5.74) is 10.8. The average Bonchev–Trinajstić information content (AvgIpc) is 2.47. The van der Waals surface area contributed by atoms with Gasteiger partial charge in [0.1, 0.15) is 5.75 Å². The molecule has 0 aliphatic rings. The minimum atomic E-state index is -1.05. The Labute approximate surface area is 131 Å². The molecule has 0 radical (unpaired) electrons. The van der Waals surface area contributed by atoms with Crippen molar-refractivity contribution >= 4 is 22.8 Å². The van der Waals surface area contributed by atoms with Crippen molar-refractivity contribution in [1.29, 1.82) is 0 Å². The van der Waals surface area contributed by atoms with Crippen LogP contribution in [0.4, 0.5) is 0 Å². The molecule has 0 amide bonds. The number of rotatable bonds is 7. The second-order valence-electron chi connectivity index (χ2n) is 4.95. The van der Waals surface area contributed by atoms with Crippen molar-refractivity contribution in [3.63, 3.8) is 0 Å². The number of hydrogen-bond acceptors (Lipinski definition) is 4. The van der Waals surface area contributed by atoms with Crippen LogP contribution in [0.25, 0.3) is 10.9 Å². The number of nitrogens with two attached hydrogens (primary N) is 2. The number of aliphatic carboxylic acids is 1. The third-order valence-electron chi connectivity index (χ3n) is 3.10. The fraction of sp³-hybridized carbons (Fsp3) is 0.267. The van der Waals surface area contributed by atoms with Gasteiger partial charge >= 0.3 is 5.97 Å². The summed E-state index contributed by atoms with van der Waals surface area (Å²) in [7, 11) is 0. The molecule has 1 heterocycles. The topological polar surface area (TPSA) is 144 Å². The van der Waals surface area contributed by atoms with Crippen molar-refractivity contribution in [1.82, 2.24) is 4.98 Å². The predicted molar refractivity (Wildman–Crippen MR) is 86.7 cm³/mol. The Hall–Kier alpha value is -3.03. The van der Waals surface area contributed by atoms with Gasteiger partial charge in [-0.1, -0.05) is 0 Å². The Morgan fingerprint density at radius 1 is 1.30 bits per heavy atom. The van der Waals surface area contributed by atoms with Crippen LogP contribution in [0.2, 0.25) is 0 Å². The molecule has 8 nitrogen and oxygen atoms in total. The highest BCUT2D eigenvalue weighted by Gasteiger charge is 2.08. The standard InChI is InChI=1S/C15H18N4O4/c16-15(17)18-4-1-5-23-11-3-2-9-6-10(7-13(20)21)14(22)19-12(9)8-11/h2-3,6,8H,1,4-5,7H2,(H,19,22)(H,20,21)(H4,16,17,18). The van der Waals surface area contributed by atoms with Crippen molar-refractivity contribution in [3.05, 3.63) is 40.2 Å². The van der Waals surface area contributed by atoms with Gasteiger partial charge in [0.15, 0.2) is 5.96 Å². The van der Waals surface area contributed by atoms with Crippen LogP contribution in [0.3, 0.4) is 0 Å². The number of ether oxygens (including phenoxy) is 1. The van der Waals surface area contributed by atoms with Crippen LogP contribution in [0.1, 0.15) is 12.0 Å². The molecule has 0 aliphatic carbocycles. The number of carboxylic acids is 1. The number of fused-ring (bicyclic) bond motifs is 1. The van der Waals surface area contributed by atoms with Gasteiger partial charge in [0.25, 0.3) is 5.56 Å². The number of aromatic amines is 1. The molecular weight excluding hydrogens is 300 g/mol. The highest BCUT2D eigenvalue weighted by molar-refractivity contribution is 5.81. The monoisotopic (exact) mass is 318 g/mol. The van der Waals surface area contributed by atoms with E-state index in [0.29, 0.717) is 30.8 Å². The molecule has 0 spiro atoms. The maximum absolute atomic E-state index is 11.8. The van der Waals surface area contributed by atoms with Crippen molar-refractivity contribution < 1.29 is 14.6 Å². The van der Waals surface area contributed by atoms with Crippen molar-refractivity contribution in [2.24, 2.45) is 16.5 Å². The number of guanidine groups is 1. The summed E-state index contributed by atoms with van der Waals surface area (Å²) < 4.78 is 5.56. The van der Waals surface area contributed by atoms with Crippen molar-refractivity contribution in [2.75, 3.05) is 13.2 Å². The van der Waals surface area contributed by atoms with Gasteiger partial charge in [0.2, 0.25) is 0 Å². The smallest absolute Gasteiger partial charge is 0.308 e. The quantitative estimate of drug-likeness (QED) is 0.326. The van der Waals surface area contributed by atoms with Gasteiger partial charge in [0, 0.05) is 24.6 Å². The van der Waals surface area contributed by atoms with Crippen LogP contribution in [-0.4, -0.2) is 35.2 Å². The zero-order valence-electron chi connectivity index (χ0n) is 12.4. The molecule has 1 aromatic heterocycles. The highest BCUT2D eigenvalue weighted by Crippen LogP contribution is 2.19. The molecule has 0 fully saturated rings. The molecule has 1 aromatic carbocycles. The zero-order valence-corrected chi connectivity index (χ0v) is 12.4. The predicted octanol–water partition coefficient (Wildman–Crippen LogP) is 0.197. The molecule has 0 saturated carbocycles. The van der Waals surface area contributed by atoms with E-state index in [1.54, 1.807) is 24.3 Å². The minimum absolute atomic E-state index is 0.0467. The molecule has 2 rings (SSSR count). The third-order valence-corrected chi connectivity index (χ3v) is 3.10. The van der Waals surface area contributed by atoms with Crippen molar-refractivity contribution in [3.8, 4) is 5.75 Å². The fourth-order valence-corrected chi connectivity index (χ4v) is 2.07. The number of aromatic nitrogens is 1. The molecule has 122 valence electrons. The summed E-state index contributed by atoms with van der Waals surface area (Å²) in [6.07, 6.45) is 0.346. The number of H-pyrrole nitrogens is 1. The number of nitrogens with one attached hydrogen (secondary N) is 1. The number of benzene rings is 1. The van der Waals surface area contributed by atoms with E-state index in [1.165, 1.54) is 0 Å². The molecular formula is C15H18N4O4. The molecule has 0 atom stereocenters. The number of nitrogens with zero attached hydrogens (tertiary/aromatic N) is 1. The molecule has 0 bridgehead atoms. The summed E-state index contributed by atoms with van der Waals surface area (Å²) in [6, 6.07) is 6.79. The van der Waals surface area contributed by atoms with Gasteiger partial charge in [-0.15, -0.1) is 0 Å². The first-order valence-electron chi connectivity index (χ1n) is 7.01. The van der Waals surface area contributed by atoms with Crippen LogP contribution in [-0.2, 0) is 11.2 Å². The van der Waals surface area contributed by atoms with E-state index >= 15 is 0 Å². The van der Waals surface area contributed by atoms with E-state index in [1.807, 2.05) is 0 Å². The van der Waals surface area contributed by atoms with E-state index in [4.69, 9.17) is 21.3 Å². The lowest BCUT2D eigenvalue weighted by atomic mass is 10.1. The van der Waals surface area contributed by atoms with E-state index in [2.05, 4.69) is 9.98 Å². The summed E-state index contributed by atoms with van der Waals surface area (Å²) in [4.78, 5) is 29.1. The Morgan fingerprint density at radius 3 is 2.78 bits per heavy atom. The molecule has 0 saturated heterocycles. The molecule has 0 unspecified atom stereocenters. The molecule has 0 aliphatic heterocycles. The summed E-state index contributed by atoms with van der Waals surface area (Å²) in [5.74, 6) is -0.398. The van der Waals surface area contributed by atoms with E-state index in [0.717, 1.165) is 5.39 Å². The number of carboxylic acid groups (broad SMARTS) is 1. The van der Waals surface area contributed by atoms with Crippen LogP contribution in [0.5, 0.6) is 5.75 Å². The maximum atomic E-state index is 11.8. The lowest BCUT2D eigenvalue weighted by Crippen LogP contribution is -2.23.